The largest absolute Gasteiger partial charge is 0.305 e. The monoisotopic (exact) mass is 725 g/mol. The molecule has 0 spiro atoms. The van der Waals surface area contributed by atoms with Gasteiger partial charge in [-0.3, -0.25) is 0 Å². The van der Waals surface area contributed by atoms with E-state index >= 15 is 0 Å². The number of benzene rings is 4. The number of aromatic nitrogens is 2. The summed E-state index contributed by atoms with van der Waals surface area (Å²) < 4.78 is 0. The zero-order valence-corrected chi connectivity index (χ0v) is 26.9. The van der Waals surface area contributed by atoms with Crippen LogP contribution < -0.4 is 15.6 Å². The van der Waals surface area contributed by atoms with Crippen LogP contribution in [0, 0.1) is 26.0 Å². The third-order valence-electron chi connectivity index (χ3n) is 7.38. The quantitative estimate of drug-likeness (QED) is 0.111. The van der Waals surface area contributed by atoms with Gasteiger partial charge >= 0.3 is 0 Å². The molecular formula is C37H32IrN2Si-2. The maximum atomic E-state index is 4.66. The predicted octanol–water partition coefficient (Wildman–Crippen LogP) is 6.81. The van der Waals surface area contributed by atoms with Crippen molar-refractivity contribution in [2.45, 2.75) is 20.4 Å². The van der Waals surface area contributed by atoms with E-state index in [1.165, 1.54) is 26.7 Å². The van der Waals surface area contributed by atoms with Crippen molar-refractivity contribution in [1.29, 1.82) is 0 Å². The number of pyridine rings is 2. The molecule has 2 aromatic heterocycles. The van der Waals surface area contributed by atoms with Crippen molar-refractivity contribution in [2.24, 2.45) is 0 Å². The Kier molecular flexibility index (Phi) is 10.3. The molecule has 4 aromatic carbocycles. The predicted molar refractivity (Wildman–Crippen MR) is 170 cm³/mol. The molecule has 6 aromatic rings. The van der Waals surface area contributed by atoms with Crippen molar-refractivity contribution in [2.75, 3.05) is 0 Å². The summed E-state index contributed by atoms with van der Waals surface area (Å²) in [7, 11) is -2.11. The molecule has 2 heterocycles. The molecule has 0 aliphatic rings. The van der Waals surface area contributed by atoms with E-state index < -0.39 is 8.07 Å². The summed E-state index contributed by atoms with van der Waals surface area (Å²) in [5, 5.41) is 4.19. The van der Waals surface area contributed by atoms with Gasteiger partial charge < -0.3 is 9.97 Å². The molecule has 0 amide bonds. The molecule has 0 bridgehead atoms. The van der Waals surface area contributed by atoms with Crippen molar-refractivity contribution in [3.05, 3.63) is 163 Å². The summed E-state index contributed by atoms with van der Waals surface area (Å²) in [6.45, 7) is 6.67. The van der Waals surface area contributed by atoms with E-state index in [1.807, 2.05) is 48.7 Å². The maximum absolute atomic E-state index is 4.66. The van der Waals surface area contributed by atoms with Crippen molar-refractivity contribution < 1.29 is 20.1 Å². The Morgan fingerprint density at radius 1 is 0.537 bits per heavy atom. The second-order valence-electron chi connectivity index (χ2n) is 9.99. The normalized spacial score (nSPS) is 10.6. The van der Waals surface area contributed by atoms with Gasteiger partial charge in [-0.15, -0.1) is 70.9 Å². The summed E-state index contributed by atoms with van der Waals surface area (Å²) in [4.78, 5) is 8.88. The van der Waals surface area contributed by atoms with Gasteiger partial charge in [0.25, 0.3) is 0 Å². The molecule has 0 aliphatic carbocycles. The van der Waals surface area contributed by atoms with Crippen LogP contribution in [-0.4, -0.2) is 18.0 Å². The summed E-state index contributed by atoms with van der Waals surface area (Å²) >= 11 is 0. The molecule has 41 heavy (non-hydrogen) atoms. The molecule has 205 valence electrons. The van der Waals surface area contributed by atoms with Gasteiger partial charge in [-0.05, 0) is 36.9 Å². The van der Waals surface area contributed by atoms with Crippen LogP contribution in [0.2, 0.25) is 6.55 Å². The van der Waals surface area contributed by atoms with E-state index in [1.54, 1.807) is 6.20 Å². The van der Waals surface area contributed by atoms with Gasteiger partial charge in [0.05, 0.1) is 0 Å². The van der Waals surface area contributed by atoms with Crippen molar-refractivity contribution in [3.63, 3.8) is 0 Å². The number of hydrogen-bond donors (Lipinski definition) is 0. The smallest absolute Gasteiger partial charge is 0.127 e. The van der Waals surface area contributed by atoms with Crippen molar-refractivity contribution in [1.82, 2.24) is 9.97 Å². The molecule has 0 saturated carbocycles. The maximum Gasteiger partial charge on any atom is 0.127 e. The van der Waals surface area contributed by atoms with Crippen LogP contribution in [0.3, 0.4) is 0 Å². The fourth-order valence-corrected chi connectivity index (χ4v) is 8.38. The van der Waals surface area contributed by atoms with Crippen LogP contribution in [0.5, 0.6) is 0 Å². The van der Waals surface area contributed by atoms with Crippen LogP contribution >= 0.6 is 0 Å². The first kappa shape index (κ1) is 30.0. The topological polar surface area (TPSA) is 25.8 Å². The Morgan fingerprint density at radius 3 is 1.76 bits per heavy atom. The zero-order chi connectivity index (χ0) is 27.8. The van der Waals surface area contributed by atoms with Gasteiger partial charge in [0, 0.05) is 32.5 Å². The average Bonchev–Trinajstić information content (AvgIpc) is 3.04. The zero-order valence-electron chi connectivity index (χ0n) is 23.5. The summed E-state index contributed by atoms with van der Waals surface area (Å²) in [5.74, 6) is 0. The molecule has 0 aliphatic heterocycles. The Bertz CT molecular complexity index is 1580. The van der Waals surface area contributed by atoms with E-state index in [2.05, 4.69) is 127 Å². The van der Waals surface area contributed by atoms with E-state index in [0.717, 1.165) is 22.5 Å². The van der Waals surface area contributed by atoms with E-state index in [9.17, 15) is 0 Å². The van der Waals surface area contributed by atoms with Crippen LogP contribution in [-0.2, 0) is 20.1 Å². The molecule has 4 heteroatoms. The minimum Gasteiger partial charge on any atom is -0.305 e. The Hall–Kier alpha value is -3.95. The fourth-order valence-electron chi connectivity index (χ4n) is 4.81. The molecular weight excluding hydrogens is 693 g/mol. The van der Waals surface area contributed by atoms with E-state index in [-0.39, 0.29) is 20.1 Å². The molecule has 0 unspecified atom stereocenters. The number of aryl methyl sites for hydroxylation is 2. The first-order valence-corrected chi connectivity index (χ1v) is 16.0. The second-order valence-corrected chi connectivity index (χ2v) is 14.0. The molecule has 0 atom stereocenters. The van der Waals surface area contributed by atoms with Crippen LogP contribution in [0.25, 0.3) is 22.5 Å². The number of nitrogens with zero attached hydrogens (tertiary/aromatic N) is 2. The molecule has 1 radical (unpaired) electrons. The first-order valence-electron chi connectivity index (χ1n) is 13.5. The van der Waals surface area contributed by atoms with Gasteiger partial charge in [0.15, 0.2) is 0 Å². The van der Waals surface area contributed by atoms with Crippen LogP contribution in [0.4, 0.5) is 0 Å². The molecule has 2 nitrogen and oxygen atoms in total. The fraction of sp³-hybridized carbons (Fsp3) is 0.0811. The summed E-state index contributed by atoms with van der Waals surface area (Å²) in [6.07, 6.45) is 3.74. The van der Waals surface area contributed by atoms with E-state index in [0.29, 0.717) is 0 Å². The van der Waals surface area contributed by atoms with Gasteiger partial charge in [-0.2, -0.15) is 0 Å². The summed E-state index contributed by atoms with van der Waals surface area (Å²) in [6, 6.07) is 50.8. The molecule has 0 fully saturated rings. The van der Waals surface area contributed by atoms with Gasteiger partial charge in [0.1, 0.15) is 8.07 Å². The van der Waals surface area contributed by atoms with Crippen molar-refractivity contribution >= 4 is 23.6 Å². The second kappa shape index (κ2) is 14.1. The molecule has 0 saturated heterocycles. The minimum atomic E-state index is -2.11. The van der Waals surface area contributed by atoms with Gasteiger partial charge in [-0.1, -0.05) is 101 Å². The molecule has 0 N–H and O–H groups in total. The minimum absolute atomic E-state index is 0. The van der Waals surface area contributed by atoms with Gasteiger partial charge in [0.2, 0.25) is 0 Å². The van der Waals surface area contributed by atoms with Crippen LogP contribution in [0.15, 0.2) is 140 Å². The Morgan fingerprint density at radius 2 is 1.17 bits per heavy atom. The Balaban J connectivity index is 0.000000249. The van der Waals surface area contributed by atoms with Crippen molar-refractivity contribution in [3.8, 4) is 22.5 Å². The SMILES string of the molecule is Cc1cnc(-c2[c-]ccc([Si](C)(c3ccccc3)c3ccccc3)c2)cc1C.[Ir].[c-]1ccccc1-c1ccccn1. The third-order valence-corrected chi connectivity index (χ3v) is 11.8. The first-order chi connectivity index (χ1) is 19.6. The Labute approximate surface area is 258 Å². The van der Waals surface area contributed by atoms with E-state index in [4.69, 9.17) is 0 Å². The average molecular weight is 725 g/mol. The standard InChI is InChI=1S/C26H24NSi.C11H8N.Ir/c1-20-17-26(27-19-21(20)2)22-11-10-16-25(18-22)28(3,23-12-6-4-7-13-23)24-14-8-5-9-15-24;1-2-6-10(7-3-1)11-8-4-5-9-12-11;/h4-10,12-19H,1-3H3;1-6,8-9H;/q2*-1;. The summed E-state index contributed by atoms with van der Waals surface area (Å²) in [5.41, 5.74) is 6.53. The number of hydrogen-bond acceptors (Lipinski definition) is 2. The third kappa shape index (κ3) is 7.04. The number of rotatable bonds is 5. The molecule has 6 rings (SSSR count). The van der Waals surface area contributed by atoms with Gasteiger partial charge in [-0.25, -0.2) is 0 Å². The van der Waals surface area contributed by atoms with Crippen LogP contribution in [0.1, 0.15) is 11.1 Å².